The Morgan fingerprint density at radius 3 is 2.49 bits per heavy atom. The minimum absolute atomic E-state index is 0.188. The molecule has 2 N–H and O–H groups in total. The minimum Gasteiger partial charge on any atom is -0.481 e. The van der Waals surface area contributed by atoms with Crippen molar-refractivity contribution >= 4 is 44.5 Å². The Hall–Kier alpha value is -3.97. The number of benzene rings is 2. The summed E-state index contributed by atoms with van der Waals surface area (Å²) in [6.45, 7) is 1.20. The van der Waals surface area contributed by atoms with Crippen LogP contribution in [0, 0.1) is 5.82 Å². The SMILES string of the molecule is CNC(=O)c1c(-c2ccc(F)cc2)oc2cc3c(cc12)[C@H](C)O[C@H](COC(=O)CCC(=O)O)CN3S(C)(=O)=O. The fraction of sp³-hybridized carbons (Fsp3) is 0.346. The highest BCUT2D eigenvalue weighted by atomic mass is 32.2. The van der Waals surface area contributed by atoms with Crippen LogP contribution < -0.4 is 9.62 Å². The van der Waals surface area contributed by atoms with Crippen LogP contribution in [0.15, 0.2) is 40.8 Å². The number of nitrogens with one attached hydrogen (secondary N) is 1. The van der Waals surface area contributed by atoms with Crippen molar-refractivity contribution in [3.05, 3.63) is 53.3 Å². The molecule has 1 aliphatic rings. The first-order chi connectivity index (χ1) is 18.4. The summed E-state index contributed by atoms with van der Waals surface area (Å²) in [6, 6.07) is 8.55. The van der Waals surface area contributed by atoms with Crippen LogP contribution in [0.3, 0.4) is 0 Å². The van der Waals surface area contributed by atoms with Crippen molar-refractivity contribution in [2.75, 3.05) is 30.8 Å². The highest BCUT2D eigenvalue weighted by molar-refractivity contribution is 7.92. The number of esters is 1. The van der Waals surface area contributed by atoms with E-state index in [2.05, 4.69) is 5.32 Å². The van der Waals surface area contributed by atoms with Gasteiger partial charge in [0.05, 0.1) is 43.0 Å². The molecule has 1 aromatic heterocycles. The number of amides is 1. The summed E-state index contributed by atoms with van der Waals surface area (Å²) in [5, 5.41) is 11.7. The molecule has 1 aliphatic heterocycles. The minimum atomic E-state index is -3.86. The maximum atomic E-state index is 13.5. The van der Waals surface area contributed by atoms with Crippen LogP contribution in [0.5, 0.6) is 0 Å². The van der Waals surface area contributed by atoms with E-state index in [0.717, 1.165) is 10.6 Å². The molecular formula is C26H27FN2O9S. The smallest absolute Gasteiger partial charge is 0.306 e. The second-order valence-corrected chi connectivity index (χ2v) is 11.0. The molecule has 0 aliphatic carbocycles. The first-order valence-corrected chi connectivity index (χ1v) is 13.8. The lowest BCUT2D eigenvalue weighted by Gasteiger charge is -2.24. The number of hydrogen-bond acceptors (Lipinski definition) is 8. The lowest BCUT2D eigenvalue weighted by Crippen LogP contribution is -2.39. The third-order valence-electron chi connectivity index (χ3n) is 6.24. The second kappa shape index (κ2) is 11.0. The van der Waals surface area contributed by atoms with Gasteiger partial charge in [0.25, 0.3) is 5.91 Å². The highest BCUT2D eigenvalue weighted by Gasteiger charge is 2.34. The van der Waals surface area contributed by atoms with Gasteiger partial charge in [-0.25, -0.2) is 12.8 Å². The largest absolute Gasteiger partial charge is 0.481 e. The van der Waals surface area contributed by atoms with Crippen molar-refractivity contribution in [2.24, 2.45) is 0 Å². The number of nitrogens with zero attached hydrogens (tertiary/aromatic N) is 1. The molecule has 2 aromatic carbocycles. The number of ether oxygens (including phenoxy) is 2. The van der Waals surface area contributed by atoms with Gasteiger partial charge in [-0.3, -0.25) is 18.7 Å². The van der Waals surface area contributed by atoms with Crippen molar-refractivity contribution in [3.63, 3.8) is 0 Å². The van der Waals surface area contributed by atoms with Gasteiger partial charge in [-0.1, -0.05) is 0 Å². The van der Waals surface area contributed by atoms with Crippen molar-refractivity contribution in [3.8, 4) is 11.3 Å². The second-order valence-electron chi connectivity index (χ2n) is 9.07. The third kappa shape index (κ3) is 6.04. The zero-order valence-corrected chi connectivity index (χ0v) is 22.2. The Kier molecular flexibility index (Phi) is 7.93. The van der Waals surface area contributed by atoms with E-state index in [0.29, 0.717) is 16.5 Å². The van der Waals surface area contributed by atoms with Crippen molar-refractivity contribution in [1.82, 2.24) is 5.32 Å². The number of sulfonamides is 1. The molecule has 0 spiro atoms. The first-order valence-electron chi connectivity index (χ1n) is 12.0. The number of carboxylic acid groups (broad SMARTS) is 1. The number of rotatable bonds is 8. The Morgan fingerprint density at radius 1 is 1.18 bits per heavy atom. The number of furan rings is 1. The molecule has 3 aromatic rings. The summed E-state index contributed by atoms with van der Waals surface area (Å²) in [6.07, 6.45) is -1.26. The zero-order chi connectivity index (χ0) is 28.5. The van der Waals surface area contributed by atoms with Gasteiger partial charge in [-0.05, 0) is 37.3 Å². The van der Waals surface area contributed by atoms with E-state index in [1.807, 2.05) is 0 Å². The molecule has 0 unspecified atom stereocenters. The van der Waals surface area contributed by atoms with Crippen LogP contribution in [0.4, 0.5) is 10.1 Å². The van der Waals surface area contributed by atoms with Gasteiger partial charge in [-0.2, -0.15) is 0 Å². The number of hydrogen-bond donors (Lipinski definition) is 2. The number of carboxylic acids is 1. The molecule has 39 heavy (non-hydrogen) atoms. The van der Waals surface area contributed by atoms with Crippen LogP contribution in [0.25, 0.3) is 22.3 Å². The van der Waals surface area contributed by atoms with E-state index >= 15 is 0 Å². The average molecular weight is 563 g/mol. The summed E-state index contributed by atoms with van der Waals surface area (Å²) in [7, 11) is -2.40. The molecule has 0 fully saturated rings. The van der Waals surface area contributed by atoms with Crippen molar-refractivity contribution in [2.45, 2.75) is 32.0 Å². The van der Waals surface area contributed by atoms with E-state index in [1.54, 1.807) is 13.0 Å². The van der Waals surface area contributed by atoms with E-state index in [4.69, 9.17) is 19.0 Å². The number of aliphatic carboxylic acids is 1. The molecule has 0 saturated heterocycles. The van der Waals surface area contributed by atoms with Gasteiger partial charge in [-0.15, -0.1) is 0 Å². The number of halogens is 1. The van der Waals surface area contributed by atoms with Gasteiger partial charge in [0.1, 0.15) is 29.9 Å². The lowest BCUT2D eigenvalue weighted by atomic mass is 10.0. The van der Waals surface area contributed by atoms with Gasteiger partial charge in [0.2, 0.25) is 10.0 Å². The average Bonchev–Trinajstić information content (AvgIpc) is 3.18. The molecule has 1 amide bonds. The molecular weight excluding hydrogens is 535 g/mol. The summed E-state index contributed by atoms with van der Waals surface area (Å²) in [5.41, 5.74) is 1.58. The summed E-state index contributed by atoms with van der Waals surface area (Å²) in [5.74, 6) is -2.62. The van der Waals surface area contributed by atoms with Crippen LogP contribution >= 0.6 is 0 Å². The van der Waals surface area contributed by atoms with Crippen LogP contribution in [0.2, 0.25) is 0 Å². The molecule has 0 bridgehead atoms. The molecule has 11 nitrogen and oxygen atoms in total. The Bertz CT molecular complexity index is 1530. The first kappa shape index (κ1) is 28.0. The number of carbonyl (C=O) groups is 3. The van der Waals surface area contributed by atoms with Crippen LogP contribution in [-0.2, 0) is 29.1 Å². The molecule has 208 valence electrons. The maximum absolute atomic E-state index is 13.5. The van der Waals surface area contributed by atoms with Gasteiger partial charge in [0.15, 0.2) is 0 Å². The lowest BCUT2D eigenvalue weighted by molar-refractivity contribution is -0.151. The standard InChI is InChI=1S/C26H27FN2O9S/c1-14-18-10-19-21(38-25(24(19)26(33)28-2)15-4-6-16(27)7-5-15)11-20(18)29(39(3,34)35)12-17(37-14)13-36-23(32)9-8-22(30)31/h4-7,10-11,14,17H,8-9,12-13H2,1-3H3,(H,28,33)(H,30,31)/t14-,17-/m0/s1. The predicted molar refractivity (Wildman–Crippen MR) is 138 cm³/mol. The fourth-order valence-electron chi connectivity index (χ4n) is 4.41. The molecule has 4 rings (SSSR count). The monoisotopic (exact) mass is 562 g/mol. The Balaban J connectivity index is 1.77. The topological polar surface area (TPSA) is 152 Å². The highest BCUT2D eigenvalue weighted by Crippen LogP contribution is 2.42. The summed E-state index contributed by atoms with van der Waals surface area (Å²) < 4.78 is 57.6. The quantitative estimate of drug-likeness (QED) is 0.394. The molecule has 2 atom stereocenters. The number of carbonyl (C=O) groups excluding carboxylic acids is 2. The van der Waals surface area contributed by atoms with Crippen LogP contribution in [0.1, 0.15) is 41.8 Å². The fourth-order valence-corrected chi connectivity index (χ4v) is 5.36. The molecule has 0 saturated carbocycles. The van der Waals surface area contributed by atoms with Gasteiger partial charge < -0.3 is 24.3 Å². The zero-order valence-electron chi connectivity index (χ0n) is 21.4. The van der Waals surface area contributed by atoms with E-state index < -0.39 is 52.3 Å². The van der Waals surface area contributed by atoms with E-state index in [-0.39, 0.29) is 42.2 Å². The predicted octanol–water partition coefficient (Wildman–Crippen LogP) is 3.23. The molecule has 0 radical (unpaired) electrons. The Morgan fingerprint density at radius 2 is 1.87 bits per heavy atom. The van der Waals surface area contributed by atoms with Crippen LogP contribution in [-0.4, -0.2) is 63.9 Å². The number of anilines is 1. The molecule has 13 heteroatoms. The maximum Gasteiger partial charge on any atom is 0.306 e. The van der Waals surface area contributed by atoms with Crippen molar-refractivity contribution < 1.29 is 46.2 Å². The van der Waals surface area contributed by atoms with Crippen molar-refractivity contribution in [1.29, 1.82) is 0 Å². The summed E-state index contributed by atoms with van der Waals surface area (Å²) in [4.78, 5) is 35.6. The van der Waals surface area contributed by atoms with E-state index in [1.165, 1.54) is 37.4 Å². The molecule has 2 heterocycles. The van der Waals surface area contributed by atoms with Gasteiger partial charge in [0, 0.05) is 29.6 Å². The van der Waals surface area contributed by atoms with Gasteiger partial charge >= 0.3 is 11.9 Å². The third-order valence-corrected chi connectivity index (χ3v) is 7.39. The normalized spacial score (nSPS) is 17.4. The Labute approximate surface area is 223 Å². The number of fused-ring (bicyclic) bond motifs is 2. The summed E-state index contributed by atoms with van der Waals surface area (Å²) >= 11 is 0. The van der Waals surface area contributed by atoms with E-state index in [9.17, 15) is 27.2 Å².